The summed E-state index contributed by atoms with van der Waals surface area (Å²) in [6, 6.07) is 10.3. The summed E-state index contributed by atoms with van der Waals surface area (Å²) in [6.07, 6.45) is 0. The van der Waals surface area contributed by atoms with Crippen molar-refractivity contribution < 1.29 is 14.3 Å². The van der Waals surface area contributed by atoms with Gasteiger partial charge in [0.25, 0.3) is 5.91 Å². The molecule has 0 aromatic heterocycles. The number of carbonyl (C=O) groups is 1. The van der Waals surface area contributed by atoms with Crippen LogP contribution in [0.4, 0.5) is 10.1 Å². The predicted octanol–water partition coefficient (Wildman–Crippen LogP) is 2.44. The first-order valence-corrected chi connectivity index (χ1v) is 6.48. The molecule has 0 bridgehead atoms. The average Bonchev–Trinajstić information content (AvgIpc) is 2.46. The van der Waals surface area contributed by atoms with Gasteiger partial charge in [0.15, 0.2) is 0 Å². The van der Waals surface area contributed by atoms with E-state index in [0.717, 1.165) is 6.07 Å². The molecule has 0 saturated heterocycles. The van der Waals surface area contributed by atoms with Gasteiger partial charge >= 0.3 is 0 Å². The summed E-state index contributed by atoms with van der Waals surface area (Å²) < 4.78 is 13.7. The van der Waals surface area contributed by atoms with Gasteiger partial charge in [-0.25, -0.2) is 4.39 Å². The molecule has 0 aliphatic carbocycles. The van der Waals surface area contributed by atoms with E-state index in [0.29, 0.717) is 11.3 Å². The normalized spacial score (nSPS) is 10.2. The maximum atomic E-state index is 13.7. The smallest absolute Gasteiger partial charge is 0.264 e. The number of phenols is 1. The van der Waals surface area contributed by atoms with E-state index in [1.165, 1.54) is 24.1 Å². The van der Waals surface area contributed by atoms with Crippen molar-refractivity contribution >= 4 is 28.8 Å². The van der Waals surface area contributed by atoms with Gasteiger partial charge in [-0.1, -0.05) is 18.3 Å². The summed E-state index contributed by atoms with van der Waals surface area (Å²) >= 11 is 4.85. The lowest BCUT2D eigenvalue weighted by molar-refractivity contribution is 0.0986. The lowest BCUT2D eigenvalue weighted by Gasteiger charge is -2.18. The number of thiocarbonyl (C=S) groups is 1. The molecule has 0 radical (unpaired) electrons. The highest BCUT2D eigenvalue weighted by Gasteiger charge is 2.21. The summed E-state index contributed by atoms with van der Waals surface area (Å²) in [7, 11) is 1.49. The molecule has 2 aromatic carbocycles. The zero-order valence-electron chi connectivity index (χ0n) is 11.2. The summed E-state index contributed by atoms with van der Waals surface area (Å²) in [4.78, 5) is 13.8. The topological polar surface area (TPSA) is 66.6 Å². The molecule has 2 rings (SSSR count). The zero-order chi connectivity index (χ0) is 15.6. The fourth-order valence-corrected chi connectivity index (χ4v) is 1.99. The van der Waals surface area contributed by atoms with E-state index in [1.807, 2.05) is 0 Å². The Morgan fingerprint density at radius 1 is 1.24 bits per heavy atom. The fraction of sp³-hybridized carbons (Fsp3) is 0.0667. The molecule has 0 unspecified atom stereocenters. The van der Waals surface area contributed by atoms with Crippen LogP contribution in [0.25, 0.3) is 0 Å². The van der Waals surface area contributed by atoms with Gasteiger partial charge in [-0.05, 0) is 36.4 Å². The second-order valence-corrected chi connectivity index (χ2v) is 4.85. The molecule has 0 aliphatic rings. The molecule has 0 heterocycles. The number of hydrogen-bond donors (Lipinski definition) is 2. The van der Waals surface area contributed by atoms with E-state index in [2.05, 4.69) is 0 Å². The van der Waals surface area contributed by atoms with Crippen LogP contribution in [0, 0.1) is 5.82 Å². The number of phenolic OH excluding ortho intramolecular Hbond substituents is 1. The Kier molecular flexibility index (Phi) is 4.18. The molecule has 0 fully saturated rings. The van der Waals surface area contributed by atoms with Gasteiger partial charge in [0.2, 0.25) is 0 Å². The number of hydrogen-bond acceptors (Lipinski definition) is 3. The molecule has 1 amide bonds. The molecule has 3 N–H and O–H groups in total. The number of aromatic hydroxyl groups is 1. The van der Waals surface area contributed by atoms with Crippen LogP contribution >= 0.6 is 12.2 Å². The van der Waals surface area contributed by atoms with Crippen molar-refractivity contribution in [1.29, 1.82) is 0 Å². The minimum absolute atomic E-state index is 0.252. The molecule has 2 aromatic rings. The van der Waals surface area contributed by atoms with Crippen molar-refractivity contribution in [3.8, 4) is 5.75 Å². The molecule has 0 atom stereocenters. The number of nitrogens with two attached hydrogens (primary N) is 1. The molecule has 21 heavy (non-hydrogen) atoms. The molecule has 0 spiro atoms. The van der Waals surface area contributed by atoms with Crippen molar-refractivity contribution in [3.05, 3.63) is 59.4 Å². The van der Waals surface area contributed by atoms with Gasteiger partial charge in [-0.2, -0.15) is 0 Å². The molecule has 4 nitrogen and oxygen atoms in total. The lowest BCUT2D eigenvalue weighted by Crippen LogP contribution is -2.27. The van der Waals surface area contributed by atoms with Crippen molar-refractivity contribution in [2.75, 3.05) is 11.9 Å². The standard InChI is InChI=1S/C15H13FN2O2S/c1-18(10-7-5-9(6-8-10)14(17)21)15(20)13-11(16)3-2-4-12(13)19/h2-8,19H,1H3,(H2,17,21). The van der Waals surface area contributed by atoms with Gasteiger partial charge in [-0.15, -0.1) is 0 Å². The van der Waals surface area contributed by atoms with Crippen LogP contribution < -0.4 is 10.6 Å². The minimum atomic E-state index is -0.772. The molecule has 0 saturated carbocycles. The first-order chi connectivity index (χ1) is 9.91. The van der Waals surface area contributed by atoms with Crippen LogP contribution in [-0.4, -0.2) is 23.0 Å². The molecule has 6 heteroatoms. The number of halogens is 1. The Bertz CT molecular complexity index is 681. The van der Waals surface area contributed by atoms with Crippen molar-refractivity contribution in [2.45, 2.75) is 0 Å². The van der Waals surface area contributed by atoms with E-state index in [9.17, 15) is 14.3 Å². The van der Waals surface area contributed by atoms with E-state index in [1.54, 1.807) is 24.3 Å². The Morgan fingerprint density at radius 2 is 1.86 bits per heavy atom. The van der Waals surface area contributed by atoms with Crippen molar-refractivity contribution in [3.63, 3.8) is 0 Å². The van der Waals surface area contributed by atoms with Crippen LogP contribution in [0.5, 0.6) is 5.75 Å². The summed E-state index contributed by atoms with van der Waals surface area (Å²) in [5, 5.41) is 9.65. The first-order valence-electron chi connectivity index (χ1n) is 6.07. The average molecular weight is 304 g/mol. The monoisotopic (exact) mass is 304 g/mol. The van der Waals surface area contributed by atoms with Gasteiger partial charge in [-0.3, -0.25) is 4.79 Å². The molecule has 108 valence electrons. The van der Waals surface area contributed by atoms with Crippen LogP contribution in [0.3, 0.4) is 0 Å². The van der Waals surface area contributed by atoms with Crippen molar-refractivity contribution in [1.82, 2.24) is 0 Å². The largest absolute Gasteiger partial charge is 0.507 e. The van der Waals surface area contributed by atoms with Gasteiger partial charge < -0.3 is 15.7 Å². The fourth-order valence-electron chi connectivity index (χ4n) is 1.86. The quantitative estimate of drug-likeness (QED) is 0.855. The Balaban J connectivity index is 2.33. The summed E-state index contributed by atoms with van der Waals surface area (Å²) in [5.41, 5.74) is 6.34. The Morgan fingerprint density at radius 3 is 2.38 bits per heavy atom. The molecular weight excluding hydrogens is 291 g/mol. The maximum Gasteiger partial charge on any atom is 0.264 e. The van der Waals surface area contributed by atoms with E-state index >= 15 is 0 Å². The minimum Gasteiger partial charge on any atom is -0.507 e. The zero-order valence-corrected chi connectivity index (χ0v) is 12.0. The number of rotatable bonds is 3. The van der Waals surface area contributed by atoms with E-state index in [-0.39, 0.29) is 10.6 Å². The van der Waals surface area contributed by atoms with Gasteiger partial charge in [0, 0.05) is 18.3 Å². The number of anilines is 1. The Hall–Kier alpha value is -2.47. The SMILES string of the molecule is CN(C(=O)c1c(O)cccc1F)c1ccc(C(N)=S)cc1. The first kappa shape index (κ1) is 14.9. The van der Waals surface area contributed by atoms with Crippen LogP contribution in [-0.2, 0) is 0 Å². The van der Waals surface area contributed by atoms with E-state index in [4.69, 9.17) is 18.0 Å². The predicted molar refractivity (Wildman–Crippen MR) is 83.1 cm³/mol. The number of amides is 1. The highest BCUT2D eigenvalue weighted by atomic mass is 32.1. The van der Waals surface area contributed by atoms with Gasteiger partial charge in [0.1, 0.15) is 22.1 Å². The molecule has 0 aliphatic heterocycles. The highest BCUT2D eigenvalue weighted by Crippen LogP contribution is 2.24. The lowest BCUT2D eigenvalue weighted by atomic mass is 10.1. The number of benzene rings is 2. The second-order valence-electron chi connectivity index (χ2n) is 4.41. The van der Waals surface area contributed by atoms with Crippen LogP contribution in [0.1, 0.15) is 15.9 Å². The van der Waals surface area contributed by atoms with E-state index < -0.39 is 17.5 Å². The van der Waals surface area contributed by atoms with Gasteiger partial charge in [0.05, 0.1) is 0 Å². The maximum absolute atomic E-state index is 13.7. The second kappa shape index (κ2) is 5.88. The Labute approximate surface area is 126 Å². The number of nitrogens with zero attached hydrogens (tertiary/aromatic N) is 1. The summed E-state index contributed by atoms with van der Waals surface area (Å²) in [5.74, 6) is -1.81. The number of carbonyl (C=O) groups excluding carboxylic acids is 1. The van der Waals surface area contributed by atoms with Crippen molar-refractivity contribution in [2.24, 2.45) is 5.73 Å². The third kappa shape index (κ3) is 3.00. The molecular formula is C15H13FN2O2S. The third-order valence-electron chi connectivity index (χ3n) is 3.05. The summed E-state index contributed by atoms with van der Waals surface area (Å²) in [6.45, 7) is 0. The third-order valence-corrected chi connectivity index (χ3v) is 3.28. The van der Waals surface area contributed by atoms with Crippen LogP contribution in [0.15, 0.2) is 42.5 Å². The highest BCUT2D eigenvalue weighted by molar-refractivity contribution is 7.80. The van der Waals surface area contributed by atoms with Crippen LogP contribution in [0.2, 0.25) is 0 Å².